The quantitative estimate of drug-likeness (QED) is 0.483. The SMILES string of the molecule is COC(=O)Cc1ccc2c(c1)NC(=O)CCCC[C@H](NC(=O)c1c(F)cc(C)cc1F)c1cc-2ccn1. The number of rotatable bonds is 4. The second kappa shape index (κ2) is 11.3. The molecule has 0 saturated heterocycles. The molecule has 2 aromatic carbocycles. The summed E-state index contributed by atoms with van der Waals surface area (Å²) in [7, 11) is 1.31. The van der Waals surface area contributed by atoms with Gasteiger partial charge in [-0.3, -0.25) is 19.4 Å². The monoisotopic (exact) mass is 507 g/mol. The molecule has 0 radical (unpaired) electrons. The average molecular weight is 508 g/mol. The van der Waals surface area contributed by atoms with E-state index in [9.17, 15) is 23.2 Å². The first-order valence-electron chi connectivity index (χ1n) is 12.0. The molecule has 7 nitrogen and oxygen atoms in total. The number of carbonyl (C=O) groups excluding carboxylic acids is 3. The van der Waals surface area contributed by atoms with Gasteiger partial charge in [-0.15, -0.1) is 0 Å². The van der Waals surface area contributed by atoms with Gasteiger partial charge >= 0.3 is 5.97 Å². The number of anilines is 1. The minimum atomic E-state index is -0.932. The lowest BCUT2D eigenvalue weighted by Crippen LogP contribution is -2.31. The van der Waals surface area contributed by atoms with Gasteiger partial charge in [0, 0.05) is 23.9 Å². The highest BCUT2D eigenvalue weighted by molar-refractivity contribution is 5.96. The number of carbonyl (C=O) groups is 3. The fourth-order valence-corrected chi connectivity index (χ4v) is 4.39. The van der Waals surface area contributed by atoms with Crippen LogP contribution in [0.3, 0.4) is 0 Å². The molecule has 0 spiro atoms. The highest BCUT2D eigenvalue weighted by atomic mass is 19.1. The van der Waals surface area contributed by atoms with Crippen molar-refractivity contribution in [3.63, 3.8) is 0 Å². The molecule has 2 amide bonds. The highest BCUT2D eigenvalue weighted by Gasteiger charge is 2.24. The molecule has 1 atom stereocenters. The van der Waals surface area contributed by atoms with Crippen LogP contribution in [0.25, 0.3) is 11.1 Å². The Hall–Kier alpha value is -4.14. The van der Waals surface area contributed by atoms with E-state index in [0.29, 0.717) is 47.3 Å². The summed E-state index contributed by atoms with van der Waals surface area (Å²) < 4.78 is 33.6. The van der Waals surface area contributed by atoms with E-state index in [1.165, 1.54) is 7.11 Å². The van der Waals surface area contributed by atoms with Gasteiger partial charge in [-0.05, 0) is 66.8 Å². The molecule has 37 heavy (non-hydrogen) atoms. The Bertz CT molecular complexity index is 1340. The number of nitrogens with zero attached hydrogens (tertiary/aromatic N) is 1. The van der Waals surface area contributed by atoms with Crippen molar-refractivity contribution in [2.24, 2.45) is 0 Å². The van der Waals surface area contributed by atoms with Crippen LogP contribution in [0.1, 0.15) is 58.9 Å². The predicted octanol–water partition coefficient (Wildman–Crippen LogP) is 5.03. The number of methoxy groups -OCH3 is 1. The molecule has 0 saturated carbocycles. The zero-order valence-electron chi connectivity index (χ0n) is 20.6. The Balaban J connectivity index is 1.71. The molecule has 1 aliphatic rings. The van der Waals surface area contributed by atoms with Crippen LogP contribution < -0.4 is 10.6 Å². The van der Waals surface area contributed by atoms with Crippen LogP contribution in [0.4, 0.5) is 14.5 Å². The number of halogens is 2. The molecule has 2 heterocycles. The van der Waals surface area contributed by atoms with Crippen molar-refractivity contribution in [1.29, 1.82) is 0 Å². The molecule has 2 N–H and O–H groups in total. The molecule has 0 fully saturated rings. The summed E-state index contributed by atoms with van der Waals surface area (Å²) in [6.07, 6.45) is 3.40. The van der Waals surface area contributed by atoms with E-state index in [1.54, 1.807) is 43.5 Å². The summed E-state index contributed by atoms with van der Waals surface area (Å²) in [4.78, 5) is 41.7. The van der Waals surface area contributed by atoms with Crippen molar-refractivity contribution in [2.75, 3.05) is 12.4 Å². The van der Waals surface area contributed by atoms with Crippen molar-refractivity contribution in [1.82, 2.24) is 10.3 Å². The van der Waals surface area contributed by atoms with Crippen molar-refractivity contribution in [3.05, 3.63) is 82.7 Å². The van der Waals surface area contributed by atoms with E-state index in [4.69, 9.17) is 4.74 Å². The largest absolute Gasteiger partial charge is 0.469 e. The number of aryl methyl sites for hydroxylation is 1. The van der Waals surface area contributed by atoms with Crippen LogP contribution in [0.5, 0.6) is 0 Å². The summed E-state index contributed by atoms with van der Waals surface area (Å²) >= 11 is 0. The third-order valence-electron chi connectivity index (χ3n) is 6.25. The normalized spacial score (nSPS) is 15.5. The van der Waals surface area contributed by atoms with E-state index in [-0.39, 0.29) is 18.7 Å². The summed E-state index contributed by atoms with van der Waals surface area (Å²) in [5.41, 5.74) is 2.89. The van der Waals surface area contributed by atoms with Gasteiger partial charge in [0.05, 0.1) is 25.3 Å². The topological polar surface area (TPSA) is 97.4 Å². The minimum absolute atomic E-state index is 0.0570. The Morgan fingerprint density at radius 1 is 1.11 bits per heavy atom. The summed E-state index contributed by atoms with van der Waals surface area (Å²) in [5, 5.41) is 5.67. The van der Waals surface area contributed by atoms with Crippen molar-refractivity contribution < 1.29 is 27.9 Å². The average Bonchev–Trinajstić information content (AvgIpc) is 2.85. The molecule has 2 bridgehead atoms. The van der Waals surface area contributed by atoms with Gasteiger partial charge in [0.25, 0.3) is 5.91 Å². The highest BCUT2D eigenvalue weighted by Crippen LogP contribution is 2.32. The summed E-state index contributed by atoms with van der Waals surface area (Å²) in [6, 6.07) is 10.4. The molecule has 0 unspecified atom stereocenters. The number of aromatic nitrogens is 1. The van der Waals surface area contributed by atoms with Crippen LogP contribution in [0.15, 0.2) is 48.7 Å². The maximum atomic E-state index is 14.4. The smallest absolute Gasteiger partial charge is 0.309 e. The number of pyridine rings is 1. The number of benzene rings is 2. The maximum absolute atomic E-state index is 14.4. The lowest BCUT2D eigenvalue weighted by molar-refractivity contribution is -0.139. The molecule has 1 aromatic heterocycles. The lowest BCUT2D eigenvalue weighted by Gasteiger charge is -2.21. The first kappa shape index (κ1) is 25.9. The second-order valence-electron chi connectivity index (χ2n) is 9.03. The maximum Gasteiger partial charge on any atom is 0.309 e. The Morgan fingerprint density at radius 2 is 1.86 bits per heavy atom. The molecule has 192 valence electrons. The van der Waals surface area contributed by atoms with E-state index < -0.39 is 35.1 Å². The first-order chi connectivity index (χ1) is 17.7. The first-order valence-corrected chi connectivity index (χ1v) is 12.0. The molecule has 4 rings (SSSR count). The van der Waals surface area contributed by atoms with Crippen molar-refractivity contribution >= 4 is 23.5 Å². The second-order valence-corrected chi connectivity index (χ2v) is 9.03. The van der Waals surface area contributed by atoms with Crippen LogP contribution in [-0.4, -0.2) is 29.9 Å². The molecule has 0 aliphatic carbocycles. The van der Waals surface area contributed by atoms with Gasteiger partial charge in [0.2, 0.25) is 5.91 Å². The van der Waals surface area contributed by atoms with E-state index in [1.807, 2.05) is 0 Å². The summed E-state index contributed by atoms with van der Waals surface area (Å²) in [6.45, 7) is 1.54. The number of ether oxygens (including phenoxy) is 1. The van der Waals surface area contributed by atoms with Gasteiger partial charge in [-0.2, -0.15) is 0 Å². The fourth-order valence-electron chi connectivity index (χ4n) is 4.39. The number of amides is 2. The summed E-state index contributed by atoms with van der Waals surface area (Å²) in [5.74, 6) is -3.32. The standard InChI is InChI=1S/C28H27F2N3O4/c1-16-11-20(29)27(21(30)12-16)28(36)33-22-5-3-4-6-25(34)32-23-13-17(14-26(35)37-2)7-8-19(23)18-9-10-31-24(22)15-18/h7-13,15,22H,3-6,14H2,1-2H3,(H,32,34)(H,33,36)/t22-/m0/s1. The van der Waals surface area contributed by atoms with Gasteiger partial charge in [-0.1, -0.05) is 18.6 Å². The third kappa shape index (κ3) is 6.17. The zero-order chi connectivity index (χ0) is 26.5. The van der Waals surface area contributed by atoms with Crippen molar-refractivity contribution in [3.8, 4) is 11.1 Å². The van der Waals surface area contributed by atoms with Crippen LogP contribution >= 0.6 is 0 Å². The lowest BCUT2D eigenvalue weighted by atomic mass is 9.96. The Morgan fingerprint density at radius 3 is 2.59 bits per heavy atom. The van der Waals surface area contributed by atoms with E-state index in [2.05, 4.69) is 15.6 Å². The van der Waals surface area contributed by atoms with E-state index in [0.717, 1.165) is 17.7 Å². The van der Waals surface area contributed by atoms with Crippen LogP contribution in [0, 0.1) is 18.6 Å². The molecule has 9 heteroatoms. The van der Waals surface area contributed by atoms with E-state index >= 15 is 0 Å². The number of hydrogen-bond donors (Lipinski definition) is 2. The molecular formula is C28H27F2N3O4. The van der Waals surface area contributed by atoms with Crippen LogP contribution in [0.2, 0.25) is 0 Å². The molecule has 3 aromatic rings. The zero-order valence-corrected chi connectivity index (χ0v) is 20.6. The number of nitrogens with one attached hydrogen (secondary N) is 2. The Kier molecular flexibility index (Phi) is 7.91. The molecular weight excluding hydrogens is 480 g/mol. The van der Waals surface area contributed by atoms with Gasteiger partial charge < -0.3 is 15.4 Å². The van der Waals surface area contributed by atoms with Crippen LogP contribution in [-0.2, 0) is 20.7 Å². The number of fused-ring (bicyclic) bond motifs is 4. The molecule has 1 aliphatic heterocycles. The van der Waals surface area contributed by atoms with Gasteiger partial charge in [0.1, 0.15) is 17.2 Å². The number of esters is 1. The predicted molar refractivity (Wildman–Crippen MR) is 134 cm³/mol. The van der Waals surface area contributed by atoms with Gasteiger partial charge in [-0.25, -0.2) is 8.78 Å². The minimum Gasteiger partial charge on any atom is -0.469 e. The number of hydrogen-bond acceptors (Lipinski definition) is 5. The fraction of sp³-hybridized carbons (Fsp3) is 0.286. The van der Waals surface area contributed by atoms with Crippen molar-refractivity contribution in [2.45, 2.75) is 45.1 Å². The third-order valence-corrected chi connectivity index (χ3v) is 6.25. The Labute approximate surface area is 213 Å². The van der Waals surface area contributed by atoms with Gasteiger partial charge in [0.15, 0.2) is 0 Å².